The minimum Gasteiger partial charge on any atom is -0.369 e. The molecule has 2 atom stereocenters. The second kappa shape index (κ2) is 4.44. The number of nitrogens with zero attached hydrogens (tertiary/aromatic N) is 2. The molecule has 0 amide bonds. The molecule has 1 aliphatic heterocycles. The summed E-state index contributed by atoms with van der Waals surface area (Å²) in [4.78, 5) is 2.19. The van der Waals surface area contributed by atoms with E-state index in [1.54, 1.807) is 0 Å². The predicted molar refractivity (Wildman–Crippen MR) is 68.2 cm³/mol. The van der Waals surface area contributed by atoms with E-state index in [2.05, 4.69) is 33.8 Å². The van der Waals surface area contributed by atoms with Gasteiger partial charge in [0.05, 0.1) is 11.3 Å². The first-order valence-corrected chi connectivity index (χ1v) is 6.12. The van der Waals surface area contributed by atoms with Gasteiger partial charge in [-0.25, -0.2) is 0 Å². The standard InChI is InChI=1S/C12H14BrN3/c1-8-6-16(7-11(8)15)12-4-2-3-10(13)9(12)5-14/h2-4,8,11H,6-7,15H2,1H3. The van der Waals surface area contributed by atoms with Crippen LogP contribution in [0.1, 0.15) is 12.5 Å². The number of halogens is 1. The van der Waals surface area contributed by atoms with Crippen molar-refractivity contribution in [3.63, 3.8) is 0 Å². The Labute approximate surface area is 104 Å². The van der Waals surface area contributed by atoms with Gasteiger partial charge in [-0.2, -0.15) is 5.26 Å². The number of benzene rings is 1. The fourth-order valence-electron chi connectivity index (χ4n) is 2.08. The third-order valence-electron chi connectivity index (χ3n) is 3.11. The Morgan fingerprint density at radius 1 is 1.50 bits per heavy atom. The second-order valence-corrected chi connectivity index (χ2v) is 5.15. The van der Waals surface area contributed by atoms with E-state index in [1.807, 2.05) is 18.2 Å². The molecule has 0 aromatic heterocycles. The van der Waals surface area contributed by atoms with Crippen LogP contribution in [-0.4, -0.2) is 19.1 Å². The van der Waals surface area contributed by atoms with Gasteiger partial charge in [0.1, 0.15) is 6.07 Å². The molecular weight excluding hydrogens is 266 g/mol. The van der Waals surface area contributed by atoms with Gasteiger partial charge >= 0.3 is 0 Å². The van der Waals surface area contributed by atoms with Crippen LogP contribution in [0.3, 0.4) is 0 Å². The van der Waals surface area contributed by atoms with Crippen LogP contribution in [0, 0.1) is 17.2 Å². The molecule has 2 unspecified atom stereocenters. The fourth-order valence-corrected chi connectivity index (χ4v) is 2.52. The van der Waals surface area contributed by atoms with E-state index >= 15 is 0 Å². The molecule has 0 radical (unpaired) electrons. The largest absolute Gasteiger partial charge is 0.369 e. The van der Waals surface area contributed by atoms with Crippen molar-refractivity contribution in [1.29, 1.82) is 5.26 Å². The maximum Gasteiger partial charge on any atom is 0.103 e. The van der Waals surface area contributed by atoms with Crippen LogP contribution in [0.15, 0.2) is 22.7 Å². The zero-order valence-corrected chi connectivity index (χ0v) is 10.7. The third kappa shape index (κ3) is 1.93. The maximum absolute atomic E-state index is 9.15. The summed E-state index contributed by atoms with van der Waals surface area (Å²) in [7, 11) is 0. The molecule has 2 N–H and O–H groups in total. The third-order valence-corrected chi connectivity index (χ3v) is 3.78. The first-order chi connectivity index (χ1) is 7.63. The monoisotopic (exact) mass is 279 g/mol. The lowest BCUT2D eigenvalue weighted by Gasteiger charge is -2.20. The minimum atomic E-state index is 0.200. The second-order valence-electron chi connectivity index (χ2n) is 4.29. The zero-order chi connectivity index (χ0) is 11.7. The molecular formula is C12H14BrN3. The van der Waals surface area contributed by atoms with Gasteiger partial charge in [0, 0.05) is 23.6 Å². The van der Waals surface area contributed by atoms with Crippen molar-refractivity contribution in [2.75, 3.05) is 18.0 Å². The predicted octanol–water partition coefficient (Wildman–Crippen LogP) is 2.10. The highest BCUT2D eigenvalue weighted by molar-refractivity contribution is 9.10. The van der Waals surface area contributed by atoms with E-state index in [0.717, 1.165) is 23.2 Å². The van der Waals surface area contributed by atoms with Crippen LogP contribution in [0.2, 0.25) is 0 Å². The molecule has 1 heterocycles. The average molecular weight is 280 g/mol. The topological polar surface area (TPSA) is 53.0 Å². The van der Waals surface area contributed by atoms with Crippen molar-refractivity contribution < 1.29 is 0 Å². The van der Waals surface area contributed by atoms with Crippen LogP contribution in [0.25, 0.3) is 0 Å². The molecule has 1 aliphatic rings. The summed E-state index contributed by atoms with van der Waals surface area (Å²) in [6, 6.07) is 8.26. The Bertz CT molecular complexity index is 428. The number of anilines is 1. The molecule has 1 fully saturated rings. The molecule has 84 valence electrons. The normalized spacial score (nSPS) is 24.5. The van der Waals surface area contributed by atoms with Crippen molar-refractivity contribution in [2.45, 2.75) is 13.0 Å². The summed E-state index contributed by atoms with van der Waals surface area (Å²) in [5.41, 5.74) is 7.68. The highest BCUT2D eigenvalue weighted by Crippen LogP contribution is 2.30. The van der Waals surface area contributed by atoms with Crippen molar-refractivity contribution in [3.8, 4) is 6.07 Å². The molecule has 1 aromatic rings. The highest BCUT2D eigenvalue weighted by atomic mass is 79.9. The summed E-state index contributed by atoms with van der Waals surface area (Å²) in [5.74, 6) is 0.477. The smallest absolute Gasteiger partial charge is 0.103 e. The summed E-state index contributed by atoms with van der Waals surface area (Å²) in [5, 5.41) is 9.15. The Morgan fingerprint density at radius 2 is 2.25 bits per heavy atom. The average Bonchev–Trinajstić information content (AvgIpc) is 2.59. The Hall–Kier alpha value is -1.05. The molecule has 0 bridgehead atoms. The van der Waals surface area contributed by atoms with Crippen LogP contribution in [0.4, 0.5) is 5.69 Å². The van der Waals surface area contributed by atoms with Crippen molar-refractivity contribution in [3.05, 3.63) is 28.2 Å². The lowest BCUT2D eigenvalue weighted by Crippen LogP contribution is -2.28. The molecule has 0 spiro atoms. The maximum atomic E-state index is 9.15. The van der Waals surface area contributed by atoms with E-state index < -0.39 is 0 Å². The molecule has 3 nitrogen and oxygen atoms in total. The quantitative estimate of drug-likeness (QED) is 0.857. The van der Waals surface area contributed by atoms with Crippen molar-refractivity contribution in [2.24, 2.45) is 11.7 Å². The van der Waals surface area contributed by atoms with Gasteiger partial charge in [-0.1, -0.05) is 13.0 Å². The van der Waals surface area contributed by atoms with Crippen LogP contribution < -0.4 is 10.6 Å². The first-order valence-electron chi connectivity index (χ1n) is 5.32. The van der Waals surface area contributed by atoms with Crippen LogP contribution >= 0.6 is 15.9 Å². The molecule has 0 saturated carbocycles. The summed E-state index contributed by atoms with van der Waals surface area (Å²) in [6.45, 7) is 3.90. The lowest BCUT2D eigenvalue weighted by molar-refractivity contribution is 0.566. The van der Waals surface area contributed by atoms with Crippen molar-refractivity contribution >= 4 is 21.6 Å². The molecule has 16 heavy (non-hydrogen) atoms. The fraction of sp³-hybridized carbons (Fsp3) is 0.417. The van der Waals surface area contributed by atoms with Gasteiger partial charge in [-0.05, 0) is 34.0 Å². The number of rotatable bonds is 1. The van der Waals surface area contributed by atoms with Gasteiger partial charge < -0.3 is 10.6 Å². The lowest BCUT2D eigenvalue weighted by atomic mass is 10.1. The molecule has 0 aliphatic carbocycles. The Kier molecular flexibility index (Phi) is 3.17. The number of hydrogen-bond acceptors (Lipinski definition) is 3. The highest BCUT2D eigenvalue weighted by Gasteiger charge is 2.28. The first kappa shape index (κ1) is 11.4. The van der Waals surface area contributed by atoms with Gasteiger partial charge in [0.25, 0.3) is 0 Å². The van der Waals surface area contributed by atoms with Crippen LogP contribution in [0.5, 0.6) is 0 Å². The van der Waals surface area contributed by atoms with Gasteiger partial charge in [0.15, 0.2) is 0 Å². The number of nitrogens with two attached hydrogens (primary N) is 1. The summed E-state index contributed by atoms with van der Waals surface area (Å²) in [6.07, 6.45) is 0. The zero-order valence-electron chi connectivity index (χ0n) is 9.15. The van der Waals surface area contributed by atoms with E-state index in [9.17, 15) is 0 Å². The van der Waals surface area contributed by atoms with E-state index in [1.165, 1.54) is 0 Å². The molecule has 1 saturated heterocycles. The van der Waals surface area contributed by atoms with Gasteiger partial charge in [-0.15, -0.1) is 0 Å². The molecule has 1 aromatic carbocycles. The van der Waals surface area contributed by atoms with E-state index in [0.29, 0.717) is 11.5 Å². The number of nitriles is 1. The summed E-state index contributed by atoms with van der Waals surface area (Å²) >= 11 is 3.40. The Morgan fingerprint density at radius 3 is 2.81 bits per heavy atom. The van der Waals surface area contributed by atoms with E-state index in [-0.39, 0.29) is 6.04 Å². The van der Waals surface area contributed by atoms with E-state index in [4.69, 9.17) is 11.0 Å². The minimum absolute atomic E-state index is 0.200. The SMILES string of the molecule is CC1CN(c2cccc(Br)c2C#N)CC1N. The van der Waals surface area contributed by atoms with Gasteiger partial charge in [0.2, 0.25) is 0 Å². The van der Waals surface area contributed by atoms with Gasteiger partial charge in [-0.3, -0.25) is 0 Å². The number of hydrogen-bond donors (Lipinski definition) is 1. The summed E-state index contributed by atoms with van der Waals surface area (Å²) < 4.78 is 0.848. The Balaban J connectivity index is 2.35. The molecule has 2 rings (SSSR count). The molecule has 4 heteroatoms. The van der Waals surface area contributed by atoms with Crippen LogP contribution in [-0.2, 0) is 0 Å². The van der Waals surface area contributed by atoms with Crippen molar-refractivity contribution in [1.82, 2.24) is 0 Å².